The lowest BCUT2D eigenvalue weighted by molar-refractivity contribution is 0.950. The highest BCUT2D eigenvalue weighted by atomic mass is 32.3. The second-order valence-electron chi connectivity index (χ2n) is 4.19. The Morgan fingerprint density at radius 2 is 1.19 bits per heavy atom. The molecular weight excluding hydrogens is 413 g/mol. The number of hydrogen-bond donors (Lipinski definition) is 0. The minimum absolute atomic E-state index is 1.21. The molecule has 0 unspecified atom stereocenters. The zero-order valence-corrected chi connectivity index (χ0v) is 17.4. The van der Waals surface area contributed by atoms with Gasteiger partial charge in [0.2, 0.25) is 0 Å². The topological polar surface area (TPSA) is 0 Å². The predicted molar refractivity (Wildman–Crippen MR) is 114 cm³/mol. The van der Waals surface area contributed by atoms with Crippen molar-refractivity contribution in [2.45, 2.75) is 19.8 Å². The maximum Gasteiger partial charge on any atom is 0.0718 e. The highest BCUT2D eigenvalue weighted by Gasteiger charge is 2.32. The van der Waals surface area contributed by atoms with Crippen molar-refractivity contribution in [3.63, 3.8) is 0 Å². The van der Waals surface area contributed by atoms with Crippen LogP contribution < -0.4 is 0 Å². The van der Waals surface area contributed by atoms with Crippen LogP contribution in [0.2, 0.25) is 0 Å². The zero-order valence-electron chi connectivity index (χ0n) is 10.9. The van der Waals surface area contributed by atoms with Gasteiger partial charge in [0.1, 0.15) is 0 Å². The van der Waals surface area contributed by atoms with E-state index >= 15 is 0 Å². The largest absolute Gasteiger partial charge is 0.0884 e. The van der Waals surface area contributed by atoms with Crippen LogP contribution in [0.25, 0.3) is 0 Å². The molecule has 0 spiro atoms. The third-order valence-corrected chi connectivity index (χ3v) is 13.9. The summed E-state index contributed by atoms with van der Waals surface area (Å²) in [6, 6.07) is 0. The monoisotopic (exact) mass is 422 g/mol. The molecular formula is C13H10S8. The van der Waals surface area contributed by atoms with Crippen LogP contribution in [0.5, 0.6) is 0 Å². The van der Waals surface area contributed by atoms with Crippen molar-refractivity contribution < 1.29 is 0 Å². The fraction of sp³-hybridized carbons (Fsp3) is 0.231. The van der Waals surface area contributed by atoms with E-state index in [1.165, 1.54) is 43.2 Å². The van der Waals surface area contributed by atoms with Gasteiger partial charge in [0.05, 0.1) is 25.4 Å². The molecule has 4 aliphatic rings. The van der Waals surface area contributed by atoms with E-state index in [4.69, 9.17) is 0 Å². The van der Waals surface area contributed by atoms with Crippen molar-refractivity contribution in [1.29, 1.82) is 0 Å². The van der Waals surface area contributed by atoms with Crippen LogP contribution in [0.3, 0.4) is 0 Å². The van der Waals surface area contributed by atoms with Crippen LogP contribution in [0.1, 0.15) is 19.8 Å². The number of rotatable bonds is 2. The first-order valence-corrected chi connectivity index (χ1v) is 13.0. The van der Waals surface area contributed by atoms with Gasteiger partial charge in [0.15, 0.2) is 0 Å². The van der Waals surface area contributed by atoms with Gasteiger partial charge in [-0.05, 0) is 27.6 Å². The van der Waals surface area contributed by atoms with E-state index in [1.807, 2.05) is 94.1 Å². The molecule has 0 aromatic rings. The zero-order chi connectivity index (χ0) is 14.2. The molecule has 21 heavy (non-hydrogen) atoms. The fourth-order valence-electron chi connectivity index (χ4n) is 1.79. The second-order valence-corrected chi connectivity index (χ2v) is 13.7. The highest BCUT2D eigenvalue weighted by Crippen LogP contribution is 2.68. The molecule has 0 nitrogen and oxygen atoms in total. The summed E-state index contributed by atoms with van der Waals surface area (Å²) in [6.07, 6.45) is 2.45. The van der Waals surface area contributed by atoms with E-state index in [2.05, 4.69) is 23.1 Å². The third kappa shape index (κ3) is 3.48. The van der Waals surface area contributed by atoms with Crippen molar-refractivity contribution in [2.75, 3.05) is 0 Å². The maximum atomic E-state index is 2.35. The van der Waals surface area contributed by atoms with Gasteiger partial charge in [0.25, 0.3) is 0 Å². The molecule has 0 aromatic carbocycles. The molecule has 0 bridgehead atoms. The Labute approximate surface area is 159 Å². The van der Waals surface area contributed by atoms with Crippen molar-refractivity contribution >= 4 is 94.1 Å². The van der Waals surface area contributed by atoms with Crippen molar-refractivity contribution in [3.05, 3.63) is 46.6 Å². The summed E-state index contributed by atoms with van der Waals surface area (Å²) in [4.78, 5) is 1.53. The lowest BCUT2D eigenvalue weighted by atomic mass is 10.3. The summed E-state index contributed by atoms with van der Waals surface area (Å²) in [6.45, 7) is 2.26. The fourth-order valence-corrected chi connectivity index (χ4v) is 13.1. The second kappa shape index (κ2) is 7.17. The molecule has 4 aliphatic heterocycles. The number of thioether (sulfide) groups is 8. The average molecular weight is 423 g/mol. The Bertz CT molecular complexity index is 615. The van der Waals surface area contributed by atoms with Crippen LogP contribution in [0, 0.1) is 0 Å². The molecule has 0 saturated heterocycles. The summed E-state index contributed by atoms with van der Waals surface area (Å²) in [7, 11) is 0. The molecule has 0 N–H and O–H groups in total. The van der Waals surface area contributed by atoms with Crippen LogP contribution in [-0.4, -0.2) is 0 Å². The van der Waals surface area contributed by atoms with Crippen molar-refractivity contribution in [3.8, 4) is 0 Å². The van der Waals surface area contributed by atoms with E-state index in [0.29, 0.717) is 0 Å². The van der Waals surface area contributed by atoms with Crippen molar-refractivity contribution in [1.82, 2.24) is 0 Å². The first-order valence-electron chi connectivity index (χ1n) is 6.29. The smallest absolute Gasteiger partial charge is 0.0718 e. The third-order valence-electron chi connectivity index (χ3n) is 2.66. The summed E-state index contributed by atoms with van der Waals surface area (Å²) in [5.74, 6) is 0. The highest BCUT2D eigenvalue weighted by molar-refractivity contribution is 8.46. The number of hydrogen-bond acceptors (Lipinski definition) is 8. The molecule has 0 amide bonds. The molecule has 110 valence electrons. The quantitative estimate of drug-likeness (QED) is 0.429. The van der Waals surface area contributed by atoms with Gasteiger partial charge < -0.3 is 0 Å². The predicted octanol–water partition coefficient (Wildman–Crippen LogP) is 8.40. The van der Waals surface area contributed by atoms with Crippen LogP contribution in [0.15, 0.2) is 46.6 Å². The van der Waals surface area contributed by atoms with Gasteiger partial charge in [-0.15, -0.1) is 0 Å². The molecule has 0 fully saturated rings. The van der Waals surface area contributed by atoms with E-state index < -0.39 is 0 Å². The van der Waals surface area contributed by atoms with Crippen molar-refractivity contribution in [2.24, 2.45) is 0 Å². The van der Waals surface area contributed by atoms with Crippen LogP contribution in [0.4, 0.5) is 0 Å². The Kier molecular flexibility index (Phi) is 5.46. The van der Waals surface area contributed by atoms with Crippen LogP contribution >= 0.6 is 94.1 Å². The lowest BCUT2D eigenvalue weighted by Crippen LogP contribution is -1.81. The SMILES string of the molecule is CCCC1=CSC2=C(S1)SC(=C1SC3=C(SC=CS3)S1)S2. The van der Waals surface area contributed by atoms with Crippen LogP contribution in [-0.2, 0) is 0 Å². The first kappa shape index (κ1) is 16.0. The van der Waals surface area contributed by atoms with E-state index in [1.54, 1.807) is 0 Å². The molecule has 4 heterocycles. The number of allylic oxidation sites excluding steroid dienone is 1. The average Bonchev–Trinajstić information content (AvgIpc) is 3.10. The summed E-state index contributed by atoms with van der Waals surface area (Å²) in [5, 5.41) is 6.73. The lowest BCUT2D eigenvalue weighted by Gasteiger charge is -2.11. The molecule has 0 aromatic heterocycles. The van der Waals surface area contributed by atoms with Gasteiger partial charge in [-0.2, -0.15) is 0 Å². The first-order chi connectivity index (χ1) is 10.3. The summed E-state index contributed by atoms with van der Waals surface area (Å²) >= 11 is 15.5. The van der Waals surface area contributed by atoms with E-state index in [-0.39, 0.29) is 0 Å². The minimum atomic E-state index is 1.21. The standard InChI is InChI=1S/C13H10S8/c1-2-3-7-6-16-10-11(17-7)21-13(20-10)12-18-8-9(19-12)15-5-4-14-8/h4-6H,2-3H2,1H3. The summed E-state index contributed by atoms with van der Waals surface area (Å²) in [5.41, 5.74) is 0. The molecule has 0 aliphatic carbocycles. The minimum Gasteiger partial charge on any atom is -0.0884 e. The van der Waals surface area contributed by atoms with Gasteiger partial charge in [-0.1, -0.05) is 107 Å². The molecule has 4 rings (SSSR count). The molecule has 8 heteroatoms. The molecule has 0 atom stereocenters. The van der Waals surface area contributed by atoms with Gasteiger partial charge in [0, 0.05) is 0 Å². The van der Waals surface area contributed by atoms with E-state index in [9.17, 15) is 0 Å². The molecule has 0 radical (unpaired) electrons. The normalized spacial score (nSPS) is 24.7. The Balaban J connectivity index is 1.46. The Hall–Kier alpha value is 1.50. The summed E-state index contributed by atoms with van der Waals surface area (Å²) < 4.78 is 8.88. The Morgan fingerprint density at radius 3 is 1.81 bits per heavy atom. The maximum absolute atomic E-state index is 2.35. The van der Waals surface area contributed by atoms with Gasteiger partial charge in [-0.25, -0.2) is 0 Å². The Morgan fingerprint density at radius 1 is 0.667 bits per heavy atom. The van der Waals surface area contributed by atoms with Gasteiger partial charge in [-0.3, -0.25) is 0 Å². The molecule has 0 saturated carbocycles. The van der Waals surface area contributed by atoms with E-state index in [0.717, 1.165) is 0 Å². The van der Waals surface area contributed by atoms with Gasteiger partial charge >= 0.3 is 0 Å².